The van der Waals surface area contributed by atoms with E-state index in [-0.39, 0.29) is 12.1 Å². The summed E-state index contributed by atoms with van der Waals surface area (Å²) < 4.78 is 5.34. The largest absolute Gasteiger partial charge is 0.467 e. The van der Waals surface area contributed by atoms with Crippen molar-refractivity contribution in [3.8, 4) is 0 Å². The minimum atomic E-state index is -0.0988. The van der Waals surface area contributed by atoms with Crippen LogP contribution >= 0.6 is 0 Å². The van der Waals surface area contributed by atoms with E-state index in [1.807, 2.05) is 6.07 Å². The van der Waals surface area contributed by atoms with E-state index in [4.69, 9.17) is 9.25 Å². The summed E-state index contributed by atoms with van der Waals surface area (Å²) in [5.74, 6) is 0.856. The van der Waals surface area contributed by atoms with Gasteiger partial charge in [0.05, 0.1) is 26.0 Å². The van der Waals surface area contributed by atoms with Crippen LogP contribution in [-0.2, 0) is 11.4 Å². The molecule has 1 atom stereocenters. The van der Waals surface area contributed by atoms with Crippen LogP contribution in [0, 0.1) is 0 Å². The Labute approximate surface area is 92.8 Å². The second-order valence-corrected chi connectivity index (χ2v) is 3.89. The van der Waals surface area contributed by atoms with Gasteiger partial charge in [-0.15, -0.1) is 6.58 Å². The number of hydroxylamine groups is 2. The van der Waals surface area contributed by atoms with E-state index in [1.54, 1.807) is 17.2 Å². The van der Waals surface area contributed by atoms with E-state index in [1.165, 1.54) is 5.06 Å². The summed E-state index contributed by atoms with van der Waals surface area (Å²) in [4.78, 5) is 19.0. The van der Waals surface area contributed by atoms with Crippen molar-refractivity contribution in [2.24, 2.45) is 0 Å². The molecule has 5 nitrogen and oxygen atoms in total. The topological polar surface area (TPSA) is 45.9 Å². The van der Waals surface area contributed by atoms with E-state index < -0.39 is 0 Å². The Balaban J connectivity index is 1.92. The fourth-order valence-corrected chi connectivity index (χ4v) is 2.22. The third-order valence-electron chi connectivity index (χ3n) is 2.94. The summed E-state index contributed by atoms with van der Waals surface area (Å²) in [5.41, 5.74) is 1.05. The van der Waals surface area contributed by atoms with Crippen LogP contribution in [0.3, 0.4) is 0 Å². The Kier molecular flexibility index (Phi) is 2.00. The lowest BCUT2D eigenvalue weighted by molar-refractivity contribution is -0.118. The number of carbonyl (C=O) groups excluding carboxylic acids is 1. The zero-order valence-electron chi connectivity index (χ0n) is 8.76. The molecule has 1 aromatic rings. The van der Waals surface area contributed by atoms with Crippen LogP contribution in [-0.4, -0.2) is 29.1 Å². The molecule has 0 saturated carbocycles. The molecule has 1 saturated heterocycles. The summed E-state index contributed by atoms with van der Waals surface area (Å²) in [5, 5.41) is 1.42. The fourth-order valence-electron chi connectivity index (χ4n) is 2.22. The Morgan fingerprint density at radius 1 is 1.69 bits per heavy atom. The maximum absolute atomic E-state index is 11.9. The third kappa shape index (κ3) is 1.18. The van der Waals surface area contributed by atoms with Gasteiger partial charge in [0, 0.05) is 5.56 Å². The summed E-state index contributed by atoms with van der Waals surface area (Å²) in [7, 11) is 0. The van der Waals surface area contributed by atoms with Crippen molar-refractivity contribution in [1.29, 1.82) is 0 Å². The second kappa shape index (κ2) is 3.38. The number of nitrogens with zero attached hydrogens (tertiary/aromatic N) is 2. The highest BCUT2D eigenvalue weighted by atomic mass is 16.7. The molecule has 3 rings (SSSR count). The lowest BCUT2D eigenvalue weighted by atomic mass is 10.1. The highest BCUT2D eigenvalue weighted by Crippen LogP contribution is 2.38. The molecule has 1 fully saturated rings. The number of carbonyl (C=O) groups is 1. The molecule has 0 N–H and O–H groups in total. The van der Waals surface area contributed by atoms with Crippen molar-refractivity contribution >= 4 is 6.03 Å². The van der Waals surface area contributed by atoms with Crippen LogP contribution < -0.4 is 0 Å². The van der Waals surface area contributed by atoms with E-state index >= 15 is 0 Å². The van der Waals surface area contributed by atoms with Gasteiger partial charge in [-0.25, -0.2) is 4.79 Å². The van der Waals surface area contributed by atoms with E-state index in [9.17, 15) is 4.79 Å². The second-order valence-electron chi connectivity index (χ2n) is 3.89. The van der Waals surface area contributed by atoms with Crippen LogP contribution in [0.5, 0.6) is 0 Å². The Morgan fingerprint density at radius 3 is 3.38 bits per heavy atom. The maximum atomic E-state index is 11.9. The van der Waals surface area contributed by atoms with Gasteiger partial charge in [-0.05, 0) is 6.07 Å². The molecule has 1 aromatic heterocycles. The van der Waals surface area contributed by atoms with E-state index in [0.717, 1.165) is 11.3 Å². The van der Waals surface area contributed by atoms with Gasteiger partial charge in [0.15, 0.2) is 0 Å². The first-order chi connectivity index (χ1) is 7.81. The van der Waals surface area contributed by atoms with Crippen LogP contribution in [0.2, 0.25) is 0 Å². The normalized spacial score (nSPS) is 22.5. The van der Waals surface area contributed by atoms with Gasteiger partial charge in [0.2, 0.25) is 0 Å². The molecule has 0 aromatic carbocycles. The number of hydrogen-bond donors (Lipinski definition) is 0. The van der Waals surface area contributed by atoms with Crippen molar-refractivity contribution in [3.63, 3.8) is 0 Å². The molecule has 0 spiro atoms. The lowest BCUT2D eigenvalue weighted by Crippen LogP contribution is -2.30. The quantitative estimate of drug-likeness (QED) is 0.728. The molecule has 16 heavy (non-hydrogen) atoms. The predicted molar refractivity (Wildman–Crippen MR) is 55.2 cm³/mol. The molecule has 5 heteroatoms. The molecule has 2 aliphatic rings. The minimum Gasteiger partial charge on any atom is -0.467 e. The van der Waals surface area contributed by atoms with Crippen molar-refractivity contribution in [1.82, 2.24) is 9.96 Å². The van der Waals surface area contributed by atoms with Gasteiger partial charge in [0.25, 0.3) is 0 Å². The predicted octanol–water partition coefficient (Wildman–Crippen LogP) is 1.69. The molecular weight excluding hydrogens is 208 g/mol. The number of fused-ring (bicyclic) bond motifs is 4. The number of furan rings is 1. The molecule has 84 valence electrons. The maximum Gasteiger partial charge on any atom is 0.345 e. The molecule has 2 aliphatic heterocycles. The number of hydrogen-bond acceptors (Lipinski definition) is 3. The smallest absolute Gasteiger partial charge is 0.345 e. The van der Waals surface area contributed by atoms with Crippen LogP contribution in [0.1, 0.15) is 17.4 Å². The molecule has 2 amide bonds. The van der Waals surface area contributed by atoms with Crippen LogP contribution in [0.4, 0.5) is 4.79 Å². The Hall–Kier alpha value is -1.75. The lowest BCUT2D eigenvalue weighted by Gasteiger charge is -2.21. The summed E-state index contributed by atoms with van der Waals surface area (Å²) in [6.07, 6.45) is 3.28. The molecule has 2 bridgehead atoms. The van der Waals surface area contributed by atoms with E-state index in [2.05, 4.69) is 6.58 Å². The molecule has 0 aliphatic carbocycles. The van der Waals surface area contributed by atoms with Gasteiger partial charge in [0.1, 0.15) is 11.8 Å². The molecular formula is C11H12N2O3. The standard InChI is InChI=1S/C11H12N2O3/c1-2-4-16-13-9-6-12(11(13)14)7-10-8(9)3-5-15-10/h2-3,5,9H,1,4,6-7H2. The van der Waals surface area contributed by atoms with Crippen LogP contribution in [0.25, 0.3) is 0 Å². The van der Waals surface area contributed by atoms with Gasteiger partial charge in [-0.3, -0.25) is 4.84 Å². The highest BCUT2D eigenvalue weighted by Gasteiger charge is 2.45. The zero-order valence-corrected chi connectivity index (χ0v) is 8.76. The zero-order chi connectivity index (χ0) is 11.1. The van der Waals surface area contributed by atoms with Crippen molar-refractivity contribution in [2.45, 2.75) is 12.6 Å². The average molecular weight is 220 g/mol. The number of amides is 2. The first-order valence-corrected chi connectivity index (χ1v) is 5.19. The summed E-state index contributed by atoms with van der Waals surface area (Å²) in [6.45, 7) is 5.11. The average Bonchev–Trinajstić information content (AvgIpc) is 2.84. The van der Waals surface area contributed by atoms with Crippen molar-refractivity contribution in [3.05, 3.63) is 36.3 Å². The Bertz CT molecular complexity index is 440. The molecule has 0 radical (unpaired) electrons. The number of rotatable bonds is 3. The minimum absolute atomic E-state index is 0.0463. The Morgan fingerprint density at radius 2 is 2.56 bits per heavy atom. The van der Waals surface area contributed by atoms with Crippen molar-refractivity contribution in [2.75, 3.05) is 13.2 Å². The first-order valence-electron chi connectivity index (χ1n) is 5.19. The van der Waals surface area contributed by atoms with Gasteiger partial charge < -0.3 is 9.32 Å². The van der Waals surface area contributed by atoms with E-state index in [0.29, 0.717) is 19.7 Å². The summed E-state index contributed by atoms with van der Waals surface area (Å²) >= 11 is 0. The monoisotopic (exact) mass is 220 g/mol. The third-order valence-corrected chi connectivity index (χ3v) is 2.94. The first kappa shape index (κ1) is 9.47. The summed E-state index contributed by atoms with van der Waals surface area (Å²) in [6, 6.07) is 1.76. The SMILES string of the molecule is C=CCON1C(=O)N2Cc3occc3C1C2. The highest BCUT2D eigenvalue weighted by molar-refractivity contribution is 5.77. The fraction of sp³-hybridized carbons (Fsp3) is 0.364. The molecule has 3 heterocycles. The van der Waals surface area contributed by atoms with Crippen LogP contribution in [0.15, 0.2) is 29.4 Å². The molecule has 1 unspecified atom stereocenters. The van der Waals surface area contributed by atoms with Gasteiger partial charge in [-0.1, -0.05) is 6.08 Å². The van der Waals surface area contributed by atoms with Gasteiger partial charge in [-0.2, -0.15) is 5.06 Å². The van der Waals surface area contributed by atoms with Crippen molar-refractivity contribution < 1.29 is 14.0 Å². The van der Waals surface area contributed by atoms with Gasteiger partial charge >= 0.3 is 6.03 Å². The number of urea groups is 1.